The molecule has 0 radical (unpaired) electrons. The molecule has 1 rings (SSSR count). The van der Waals surface area contributed by atoms with Crippen LogP contribution in [-0.4, -0.2) is 7.27 Å². The second-order valence-corrected chi connectivity index (χ2v) is 3.83. The lowest BCUT2D eigenvalue weighted by Crippen LogP contribution is -2.43. The van der Waals surface area contributed by atoms with Crippen molar-refractivity contribution in [2.24, 2.45) is 0 Å². The molecule has 0 aliphatic rings. The van der Waals surface area contributed by atoms with Gasteiger partial charge in [0.15, 0.2) is 18.3 Å². The van der Waals surface area contributed by atoms with E-state index in [1.807, 2.05) is 32.9 Å². The number of aromatic nitrogens is 1. The molecule has 14 heavy (non-hydrogen) atoms. The first kappa shape index (κ1) is 11.2. The summed E-state index contributed by atoms with van der Waals surface area (Å²) in [6.07, 6.45) is 1.57. The highest BCUT2D eigenvalue weighted by molar-refractivity contribution is 6.40. The van der Waals surface area contributed by atoms with Gasteiger partial charge in [0.25, 0.3) is 0 Å². The highest BCUT2D eigenvalue weighted by atomic mass is 19.2. The lowest BCUT2D eigenvalue weighted by molar-refractivity contribution is -0.690. The second kappa shape index (κ2) is 4.53. The predicted octanol–water partition coefficient (Wildman–Crippen LogP) is 2.37. The van der Waals surface area contributed by atoms with Crippen molar-refractivity contribution in [3.63, 3.8) is 0 Å². The number of aryl methyl sites for hydroxylation is 1. The number of hydrogen-bond donors (Lipinski definition) is 0. The van der Waals surface area contributed by atoms with Crippen molar-refractivity contribution in [2.75, 3.05) is 0 Å². The normalized spacial score (nSPS) is 10.7. The van der Waals surface area contributed by atoms with Crippen LogP contribution in [-0.2, 0) is 6.44 Å². The molecule has 0 atom stereocenters. The Morgan fingerprint density at radius 3 is 2.50 bits per heavy atom. The van der Waals surface area contributed by atoms with E-state index >= 15 is 0 Å². The molecule has 1 heterocycles. The lowest BCUT2D eigenvalue weighted by atomic mass is 9.98. The van der Waals surface area contributed by atoms with Crippen molar-refractivity contribution >= 4 is 7.27 Å². The third kappa shape index (κ3) is 2.79. The van der Waals surface area contributed by atoms with Crippen molar-refractivity contribution in [3.8, 4) is 0 Å². The third-order valence-electron chi connectivity index (χ3n) is 2.13. The van der Waals surface area contributed by atoms with E-state index in [0.717, 1.165) is 11.3 Å². The largest absolute Gasteiger partial charge is 0.604 e. The number of halogens is 2. The molecule has 1 nitrogen and oxygen atoms in total. The molecule has 0 N–H and O–H groups in total. The molecule has 1 aromatic rings. The lowest BCUT2D eigenvalue weighted by Gasteiger charge is -2.06. The Labute approximate surface area is 83.9 Å². The van der Waals surface area contributed by atoms with Crippen LogP contribution in [0.25, 0.3) is 0 Å². The minimum absolute atomic E-state index is 0.213. The van der Waals surface area contributed by atoms with Gasteiger partial charge in [-0.3, -0.25) is 8.63 Å². The van der Waals surface area contributed by atoms with Gasteiger partial charge in [-0.1, -0.05) is 13.8 Å². The Morgan fingerprint density at radius 2 is 2.00 bits per heavy atom. The van der Waals surface area contributed by atoms with Crippen molar-refractivity contribution < 1.29 is 13.2 Å². The summed E-state index contributed by atoms with van der Waals surface area (Å²) >= 11 is 0. The van der Waals surface area contributed by atoms with E-state index in [2.05, 4.69) is 0 Å². The van der Waals surface area contributed by atoms with Crippen molar-refractivity contribution in [1.82, 2.24) is 0 Å². The monoisotopic (exact) mass is 198 g/mol. The maximum absolute atomic E-state index is 12.3. The van der Waals surface area contributed by atoms with Crippen LogP contribution in [0.2, 0.25) is 0 Å². The van der Waals surface area contributed by atoms with Gasteiger partial charge in [0.1, 0.15) is 0 Å². The molecule has 0 bridgehead atoms. The zero-order valence-electron chi connectivity index (χ0n) is 8.80. The predicted molar refractivity (Wildman–Crippen MR) is 53.4 cm³/mol. The third-order valence-corrected chi connectivity index (χ3v) is 2.13. The van der Waals surface area contributed by atoms with Crippen molar-refractivity contribution in [2.45, 2.75) is 33.1 Å². The van der Waals surface area contributed by atoms with E-state index in [9.17, 15) is 8.63 Å². The van der Waals surface area contributed by atoms with Gasteiger partial charge < -0.3 is 0 Å². The number of pyridine rings is 1. The molecule has 0 saturated carbocycles. The van der Waals surface area contributed by atoms with Crippen molar-refractivity contribution in [1.29, 1.82) is 0 Å². The SMILES string of the molecule is Cc1ccc(C(C)C)[n+](CB(F)F)c1. The van der Waals surface area contributed by atoms with Gasteiger partial charge in [-0.25, -0.2) is 4.57 Å². The molecular weight excluding hydrogens is 183 g/mol. The van der Waals surface area contributed by atoms with Crippen LogP contribution in [0, 0.1) is 6.92 Å². The van der Waals surface area contributed by atoms with E-state index in [4.69, 9.17) is 0 Å². The minimum Gasteiger partial charge on any atom is -0.280 e. The maximum atomic E-state index is 12.3. The van der Waals surface area contributed by atoms with Crippen molar-refractivity contribution in [3.05, 3.63) is 29.6 Å². The summed E-state index contributed by atoms with van der Waals surface area (Å²) in [6, 6.07) is 3.87. The summed E-state index contributed by atoms with van der Waals surface area (Å²) in [5.74, 6) is 0.273. The molecule has 0 aliphatic heterocycles. The smallest absolute Gasteiger partial charge is 0.280 e. The molecule has 0 amide bonds. The molecule has 0 aliphatic carbocycles. The van der Waals surface area contributed by atoms with Crippen LogP contribution < -0.4 is 4.57 Å². The van der Waals surface area contributed by atoms with E-state index in [0.29, 0.717) is 0 Å². The molecule has 0 unspecified atom stereocenters. The highest BCUT2D eigenvalue weighted by Gasteiger charge is 2.23. The number of hydrogen-bond acceptors (Lipinski definition) is 0. The first-order valence-corrected chi connectivity index (χ1v) is 4.79. The maximum Gasteiger partial charge on any atom is 0.604 e. The van der Waals surface area contributed by atoms with Crippen LogP contribution in [0.1, 0.15) is 31.0 Å². The average Bonchev–Trinajstić information content (AvgIpc) is 2.01. The molecule has 0 fully saturated rings. The van der Waals surface area contributed by atoms with Gasteiger partial charge in [0.05, 0.1) is 0 Å². The van der Waals surface area contributed by atoms with Crippen LogP contribution in [0.15, 0.2) is 18.3 Å². The van der Waals surface area contributed by atoms with Crippen LogP contribution >= 0.6 is 0 Å². The topological polar surface area (TPSA) is 3.88 Å². The fourth-order valence-corrected chi connectivity index (χ4v) is 1.51. The first-order chi connectivity index (χ1) is 6.50. The van der Waals surface area contributed by atoms with Crippen LogP contribution in [0.3, 0.4) is 0 Å². The van der Waals surface area contributed by atoms with E-state index in [1.54, 1.807) is 10.8 Å². The van der Waals surface area contributed by atoms with Crippen LogP contribution in [0.4, 0.5) is 8.63 Å². The summed E-state index contributed by atoms with van der Waals surface area (Å²) < 4.78 is 26.2. The summed E-state index contributed by atoms with van der Waals surface area (Å²) in [7, 11) is -2.29. The fourth-order valence-electron chi connectivity index (χ4n) is 1.51. The Kier molecular flexibility index (Phi) is 3.61. The quantitative estimate of drug-likeness (QED) is 0.518. The highest BCUT2D eigenvalue weighted by Crippen LogP contribution is 2.10. The van der Waals surface area contributed by atoms with E-state index < -0.39 is 7.27 Å². The Bertz CT molecular complexity index is 313. The van der Waals surface area contributed by atoms with E-state index in [1.165, 1.54) is 0 Å². The Balaban J connectivity index is 3.03. The fraction of sp³-hybridized carbons (Fsp3) is 0.500. The second-order valence-electron chi connectivity index (χ2n) is 3.83. The standard InChI is InChI=1S/C10H15BF2N/c1-8(2)10-5-4-9(3)6-14(10)7-11(12)13/h4-6,8H,7H2,1-3H3/q+1. The van der Waals surface area contributed by atoms with Gasteiger partial charge in [0, 0.05) is 17.5 Å². The van der Waals surface area contributed by atoms with Gasteiger partial charge in [-0.15, -0.1) is 0 Å². The molecule has 0 saturated heterocycles. The summed E-state index contributed by atoms with van der Waals surface area (Å²) in [6.45, 7) is 5.92. The summed E-state index contributed by atoms with van der Waals surface area (Å²) in [4.78, 5) is 0. The van der Waals surface area contributed by atoms with Gasteiger partial charge in [-0.2, -0.15) is 0 Å². The Hall–Kier alpha value is -0.925. The summed E-state index contributed by atoms with van der Waals surface area (Å²) in [5, 5.41) is 0. The summed E-state index contributed by atoms with van der Waals surface area (Å²) in [5.41, 5.74) is 1.96. The molecule has 0 spiro atoms. The van der Waals surface area contributed by atoms with Crippen LogP contribution in [0.5, 0.6) is 0 Å². The molecule has 1 aromatic heterocycles. The average molecular weight is 198 g/mol. The zero-order chi connectivity index (χ0) is 10.7. The molecule has 0 aromatic carbocycles. The van der Waals surface area contributed by atoms with E-state index in [-0.39, 0.29) is 12.4 Å². The van der Waals surface area contributed by atoms with Gasteiger partial charge in [-0.05, 0) is 13.0 Å². The molecule has 4 heteroatoms. The Morgan fingerprint density at radius 1 is 1.36 bits per heavy atom. The van der Waals surface area contributed by atoms with Gasteiger partial charge >= 0.3 is 7.27 Å². The minimum atomic E-state index is -2.29. The first-order valence-electron chi connectivity index (χ1n) is 4.79. The molecule has 76 valence electrons. The molecular formula is C10H15BF2N+. The number of nitrogens with zero attached hydrogens (tertiary/aromatic N) is 1. The number of rotatable bonds is 3. The zero-order valence-corrected chi connectivity index (χ0v) is 8.80. The van der Waals surface area contributed by atoms with Gasteiger partial charge in [0.2, 0.25) is 0 Å².